The van der Waals surface area contributed by atoms with Gasteiger partial charge in [-0.2, -0.15) is 5.10 Å². The predicted molar refractivity (Wildman–Crippen MR) is 122 cm³/mol. The van der Waals surface area contributed by atoms with Crippen LogP contribution in [-0.2, 0) is 4.79 Å². The number of fused-ring (bicyclic) bond motifs is 1. The van der Waals surface area contributed by atoms with Crippen molar-refractivity contribution in [2.75, 3.05) is 17.2 Å². The van der Waals surface area contributed by atoms with Crippen molar-refractivity contribution >= 4 is 29.5 Å². The van der Waals surface area contributed by atoms with E-state index in [1.165, 1.54) is 6.20 Å². The quantitative estimate of drug-likeness (QED) is 0.519. The zero-order valence-corrected chi connectivity index (χ0v) is 17.4. The van der Waals surface area contributed by atoms with Crippen molar-refractivity contribution in [2.45, 2.75) is 13.0 Å². The normalized spacial score (nSPS) is 14.9. The summed E-state index contributed by atoms with van der Waals surface area (Å²) in [5, 5.41) is 19.5. The summed E-state index contributed by atoms with van der Waals surface area (Å²) in [6, 6.07) is 16.2. The van der Waals surface area contributed by atoms with Crippen LogP contribution in [0, 0.1) is 0 Å². The third-order valence-corrected chi connectivity index (χ3v) is 4.85. The molecule has 0 aliphatic carbocycles. The van der Waals surface area contributed by atoms with Crippen molar-refractivity contribution in [1.29, 1.82) is 0 Å². The lowest BCUT2D eigenvalue weighted by Crippen LogP contribution is -2.24. The van der Waals surface area contributed by atoms with Crippen molar-refractivity contribution in [3.05, 3.63) is 89.8 Å². The van der Waals surface area contributed by atoms with Gasteiger partial charge in [-0.15, -0.1) is 0 Å². The Morgan fingerprint density at radius 3 is 2.62 bits per heavy atom. The van der Waals surface area contributed by atoms with Crippen LogP contribution in [-0.4, -0.2) is 33.4 Å². The summed E-state index contributed by atoms with van der Waals surface area (Å²) < 4.78 is 6.99. The third-order valence-electron chi connectivity index (χ3n) is 4.85. The molecule has 1 atom stereocenters. The van der Waals surface area contributed by atoms with E-state index in [2.05, 4.69) is 15.7 Å². The topological polar surface area (TPSA) is 105 Å². The second-order valence-corrected chi connectivity index (χ2v) is 7.03. The van der Waals surface area contributed by atoms with E-state index in [9.17, 15) is 14.7 Å². The van der Waals surface area contributed by atoms with Crippen molar-refractivity contribution in [3.8, 4) is 5.75 Å². The number of hydrogen-bond acceptors (Lipinski definition) is 5. The minimum Gasteiger partial charge on any atom is -0.494 e. The molecule has 1 aromatic heterocycles. The van der Waals surface area contributed by atoms with Crippen LogP contribution in [0.5, 0.6) is 5.75 Å². The van der Waals surface area contributed by atoms with Gasteiger partial charge in [-0.3, -0.25) is 4.79 Å². The van der Waals surface area contributed by atoms with E-state index in [1.54, 1.807) is 35.0 Å². The Morgan fingerprint density at radius 2 is 1.94 bits per heavy atom. The van der Waals surface area contributed by atoms with Gasteiger partial charge in [-0.05, 0) is 42.8 Å². The molecule has 0 spiro atoms. The highest BCUT2D eigenvalue weighted by molar-refractivity contribution is 6.08. The van der Waals surface area contributed by atoms with E-state index in [4.69, 9.17) is 4.74 Å². The van der Waals surface area contributed by atoms with Crippen molar-refractivity contribution in [1.82, 2.24) is 9.78 Å². The van der Waals surface area contributed by atoms with Crippen LogP contribution in [0.3, 0.4) is 0 Å². The number of rotatable bonds is 7. The molecule has 0 bridgehead atoms. The molecule has 0 saturated heterocycles. The number of aromatic nitrogens is 2. The van der Waals surface area contributed by atoms with Gasteiger partial charge in [0.25, 0.3) is 5.91 Å². The molecular weight excluding hydrogens is 408 g/mol. The maximum absolute atomic E-state index is 12.9. The Hall–Kier alpha value is -4.33. The van der Waals surface area contributed by atoms with E-state index in [1.807, 2.05) is 49.4 Å². The fourth-order valence-electron chi connectivity index (χ4n) is 3.32. The molecule has 0 radical (unpaired) electrons. The number of anilines is 2. The van der Waals surface area contributed by atoms with E-state index < -0.39 is 17.9 Å². The van der Waals surface area contributed by atoms with Crippen LogP contribution in [0.2, 0.25) is 0 Å². The zero-order chi connectivity index (χ0) is 22.5. The number of nitrogens with zero attached hydrogens (tertiary/aromatic N) is 2. The number of aliphatic carboxylic acids is 1. The second-order valence-electron chi connectivity index (χ2n) is 7.03. The summed E-state index contributed by atoms with van der Waals surface area (Å²) in [4.78, 5) is 24.6. The van der Waals surface area contributed by atoms with Crippen LogP contribution >= 0.6 is 0 Å². The summed E-state index contributed by atoms with van der Waals surface area (Å²) in [7, 11) is 0. The lowest BCUT2D eigenvalue weighted by atomic mass is 10.1. The first-order valence-corrected chi connectivity index (χ1v) is 10.1. The van der Waals surface area contributed by atoms with Gasteiger partial charge < -0.3 is 20.5 Å². The number of carboxylic acids is 1. The molecule has 0 saturated carbocycles. The lowest BCUT2D eigenvalue weighted by Gasteiger charge is -2.22. The van der Waals surface area contributed by atoms with Crippen LogP contribution in [0.15, 0.2) is 78.6 Å². The van der Waals surface area contributed by atoms with Gasteiger partial charge in [0.05, 0.1) is 18.8 Å². The number of carbonyl (C=O) groups excluding carboxylic acids is 1. The average Bonchev–Trinajstić information content (AvgIpc) is 3.24. The van der Waals surface area contributed by atoms with Gasteiger partial charge in [0, 0.05) is 5.69 Å². The Kier molecular flexibility index (Phi) is 6.03. The molecule has 2 aromatic carbocycles. The van der Waals surface area contributed by atoms with Gasteiger partial charge in [0.2, 0.25) is 0 Å². The number of hydrogen-bond donors (Lipinski definition) is 3. The Morgan fingerprint density at radius 1 is 1.19 bits per heavy atom. The van der Waals surface area contributed by atoms with Crippen LogP contribution in [0.25, 0.3) is 6.08 Å². The first-order valence-electron chi connectivity index (χ1n) is 10.1. The minimum absolute atomic E-state index is 0.0178. The Labute approximate surface area is 184 Å². The molecule has 0 fully saturated rings. The molecule has 8 heteroatoms. The Balaban J connectivity index is 1.59. The van der Waals surface area contributed by atoms with Crippen LogP contribution in [0.4, 0.5) is 11.5 Å². The molecule has 1 aliphatic rings. The molecule has 2 heterocycles. The van der Waals surface area contributed by atoms with Crippen molar-refractivity contribution in [3.63, 3.8) is 0 Å². The standard InChI is InChI=1S/C24H22N4O4/c1-2-32-19-12-9-17(10-13-19)26-23(29)20-15-25-28-18(11-8-16-6-4-3-5-7-16)14-21(24(30)31)27-22(20)28/h3-15,18,27H,2H2,1H3,(H,26,29)(H,30,31)/b11-8+/t18-/m0/s1. The first kappa shape index (κ1) is 20.9. The smallest absolute Gasteiger partial charge is 0.352 e. The fourth-order valence-corrected chi connectivity index (χ4v) is 3.32. The molecule has 32 heavy (non-hydrogen) atoms. The molecule has 162 valence electrons. The Bertz CT molecular complexity index is 1180. The number of nitrogens with one attached hydrogen (secondary N) is 2. The highest BCUT2D eigenvalue weighted by atomic mass is 16.5. The summed E-state index contributed by atoms with van der Waals surface area (Å²) >= 11 is 0. The molecule has 1 aliphatic heterocycles. The van der Waals surface area contributed by atoms with Crippen molar-refractivity contribution < 1.29 is 19.4 Å². The molecule has 4 rings (SSSR count). The molecule has 8 nitrogen and oxygen atoms in total. The summed E-state index contributed by atoms with van der Waals surface area (Å²) in [5.41, 5.74) is 1.78. The maximum Gasteiger partial charge on any atom is 0.352 e. The van der Waals surface area contributed by atoms with E-state index in [-0.39, 0.29) is 11.3 Å². The summed E-state index contributed by atoms with van der Waals surface area (Å²) in [6.45, 7) is 2.45. The third kappa shape index (κ3) is 4.54. The number of carbonyl (C=O) groups is 2. The molecule has 3 N–H and O–H groups in total. The van der Waals surface area contributed by atoms with Gasteiger partial charge in [-0.1, -0.05) is 42.5 Å². The number of carboxylic acid groups (broad SMARTS) is 1. The van der Waals surface area contributed by atoms with Crippen LogP contribution in [0.1, 0.15) is 28.9 Å². The van der Waals surface area contributed by atoms with E-state index in [0.717, 1.165) is 5.56 Å². The average molecular weight is 430 g/mol. The van der Waals surface area contributed by atoms with E-state index >= 15 is 0 Å². The first-order chi connectivity index (χ1) is 15.5. The van der Waals surface area contributed by atoms with Gasteiger partial charge in [0.15, 0.2) is 0 Å². The van der Waals surface area contributed by atoms with Crippen molar-refractivity contribution in [2.24, 2.45) is 0 Å². The van der Waals surface area contributed by atoms with Gasteiger partial charge in [-0.25, -0.2) is 9.48 Å². The number of benzene rings is 2. The van der Waals surface area contributed by atoms with Gasteiger partial charge >= 0.3 is 5.97 Å². The number of allylic oxidation sites excluding steroid dienone is 2. The SMILES string of the molecule is CCOc1ccc(NC(=O)c2cnn3c2NC(C(=O)O)=C[C@@H]3/C=C/c2ccccc2)cc1. The van der Waals surface area contributed by atoms with Gasteiger partial charge in [0.1, 0.15) is 22.8 Å². The molecule has 0 unspecified atom stereocenters. The second kappa shape index (κ2) is 9.22. The minimum atomic E-state index is -1.12. The highest BCUT2D eigenvalue weighted by Crippen LogP contribution is 2.30. The lowest BCUT2D eigenvalue weighted by molar-refractivity contribution is -0.132. The molecular formula is C24H22N4O4. The summed E-state index contributed by atoms with van der Waals surface area (Å²) in [6.07, 6.45) is 6.70. The molecule has 1 amide bonds. The summed E-state index contributed by atoms with van der Waals surface area (Å²) in [5.74, 6) is -0.496. The molecule has 3 aromatic rings. The predicted octanol–water partition coefficient (Wildman–Crippen LogP) is 4.18. The largest absolute Gasteiger partial charge is 0.494 e. The van der Waals surface area contributed by atoms with E-state index in [0.29, 0.717) is 23.9 Å². The fraction of sp³-hybridized carbons (Fsp3) is 0.125. The highest BCUT2D eigenvalue weighted by Gasteiger charge is 2.27. The number of ether oxygens (including phenoxy) is 1. The maximum atomic E-state index is 12.9. The van der Waals surface area contributed by atoms with Crippen LogP contribution < -0.4 is 15.4 Å². The zero-order valence-electron chi connectivity index (χ0n) is 17.4. The number of amides is 1. The monoisotopic (exact) mass is 430 g/mol.